The fourth-order valence-electron chi connectivity index (χ4n) is 2.73. The van der Waals surface area contributed by atoms with E-state index in [1.54, 1.807) is 0 Å². The summed E-state index contributed by atoms with van der Waals surface area (Å²) in [4.78, 5) is 0. The van der Waals surface area contributed by atoms with Crippen LogP contribution in [0.3, 0.4) is 0 Å². The van der Waals surface area contributed by atoms with Crippen molar-refractivity contribution in [3.05, 3.63) is 77.0 Å². The van der Waals surface area contributed by atoms with Crippen molar-refractivity contribution < 1.29 is 4.65 Å². The van der Waals surface area contributed by atoms with Crippen molar-refractivity contribution in [3.63, 3.8) is 0 Å². The van der Waals surface area contributed by atoms with Gasteiger partial charge in [-0.3, -0.25) is 0 Å². The maximum Gasteiger partial charge on any atom is 0.140 e. The summed E-state index contributed by atoms with van der Waals surface area (Å²) in [5.74, 6) is 0. The number of nitrogens with zero attached hydrogens (tertiary/aromatic N) is 1. The Bertz CT molecular complexity index is 466. The lowest BCUT2D eigenvalue weighted by atomic mass is 9.94. The van der Waals surface area contributed by atoms with Gasteiger partial charge in [-0.15, -0.1) is 0 Å². The number of benzene rings is 2. The van der Waals surface area contributed by atoms with Gasteiger partial charge in [-0.05, 0) is 0 Å². The number of hydroxylamine groups is 3. The molecule has 92 valence electrons. The Morgan fingerprint density at radius 2 is 1.22 bits per heavy atom. The highest BCUT2D eigenvalue weighted by molar-refractivity contribution is 5.30. The molecule has 0 atom stereocenters. The predicted molar refractivity (Wildman–Crippen MR) is 72.7 cm³/mol. The first kappa shape index (κ1) is 11.5. The standard InChI is InChI=1S/C16H17NO/c18-17(12-7-13-17)16(14-8-3-1-4-9-14)15-10-5-2-6-11-15/h1-6,8-11,16H,7,12-13H2. The molecule has 0 N–H and O–H groups in total. The first-order valence-electron chi connectivity index (χ1n) is 6.47. The van der Waals surface area contributed by atoms with Gasteiger partial charge in [-0.1, -0.05) is 60.7 Å². The lowest BCUT2D eigenvalue weighted by molar-refractivity contribution is -0.942. The van der Waals surface area contributed by atoms with Crippen LogP contribution in [0, 0.1) is 5.21 Å². The molecule has 0 saturated carbocycles. The molecular formula is C16H17NO. The van der Waals surface area contributed by atoms with Crippen LogP contribution in [0.4, 0.5) is 0 Å². The van der Waals surface area contributed by atoms with Gasteiger partial charge in [0, 0.05) is 17.5 Å². The van der Waals surface area contributed by atoms with Crippen LogP contribution in [-0.4, -0.2) is 17.7 Å². The Balaban J connectivity index is 2.05. The van der Waals surface area contributed by atoms with Crippen LogP contribution in [0.25, 0.3) is 0 Å². The predicted octanol–water partition coefficient (Wildman–Crippen LogP) is 3.49. The van der Waals surface area contributed by atoms with Crippen LogP contribution in [0.2, 0.25) is 0 Å². The van der Waals surface area contributed by atoms with Gasteiger partial charge in [0.05, 0.1) is 13.1 Å². The number of hydrogen-bond acceptors (Lipinski definition) is 1. The maximum atomic E-state index is 12.8. The fourth-order valence-corrected chi connectivity index (χ4v) is 2.73. The molecule has 1 heterocycles. The molecule has 18 heavy (non-hydrogen) atoms. The molecule has 1 aliphatic heterocycles. The molecule has 0 amide bonds. The average Bonchev–Trinajstić information content (AvgIpc) is 2.40. The number of rotatable bonds is 3. The third-order valence-electron chi connectivity index (χ3n) is 3.77. The molecule has 2 aromatic carbocycles. The monoisotopic (exact) mass is 239 g/mol. The van der Waals surface area contributed by atoms with E-state index in [2.05, 4.69) is 24.3 Å². The molecule has 3 rings (SSSR count). The Morgan fingerprint density at radius 1 is 0.778 bits per heavy atom. The zero-order valence-corrected chi connectivity index (χ0v) is 10.3. The van der Waals surface area contributed by atoms with Crippen LogP contribution in [0.1, 0.15) is 23.6 Å². The average molecular weight is 239 g/mol. The van der Waals surface area contributed by atoms with Crippen LogP contribution in [0.15, 0.2) is 60.7 Å². The molecule has 0 spiro atoms. The minimum atomic E-state index is -0.103. The van der Waals surface area contributed by atoms with E-state index < -0.39 is 0 Å². The van der Waals surface area contributed by atoms with E-state index >= 15 is 0 Å². The molecule has 1 saturated heterocycles. The Morgan fingerprint density at radius 3 is 1.56 bits per heavy atom. The SMILES string of the molecule is [O-][N+]1(C(c2ccccc2)c2ccccc2)CCC1. The largest absolute Gasteiger partial charge is 0.632 e. The zero-order chi connectivity index (χ0) is 12.4. The summed E-state index contributed by atoms with van der Waals surface area (Å²) in [6, 6.07) is 20.2. The summed E-state index contributed by atoms with van der Waals surface area (Å²) in [6.07, 6.45) is 1.04. The highest BCUT2D eigenvalue weighted by Crippen LogP contribution is 2.38. The summed E-state index contributed by atoms with van der Waals surface area (Å²) in [5.41, 5.74) is 2.25. The van der Waals surface area contributed by atoms with Crippen molar-refractivity contribution in [3.8, 4) is 0 Å². The van der Waals surface area contributed by atoms with Gasteiger partial charge in [0.15, 0.2) is 0 Å². The van der Waals surface area contributed by atoms with Gasteiger partial charge >= 0.3 is 0 Å². The molecule has 1 fully saturated rings. The van der Waals surface area contributed by atoms with E-state index in [1.807, 2.05) is 36.4 Å². The normalized spacial score (nSPS) is 17.4. The van der Waals surface area contributed by atoms with Gasteiger partial charge < -0.3 is 9.85 Å². The lowest BCUT2D eigenvalue weighted by Crippen LogP contribution is -2.55. The second-order valence-electron chi connectivity index (χ2n) is 4.98. The third-order valence-corrected chi connectivity index (χ3v) is 3.77. The second kappa shape index (κ2) is 4.56. The first-order chi connectivity index (χ1) is 8.80. The highest BCUT2D eigenvalue weighted by atomic mass is 16.6. The molecule has 0 bridgehead atoms. The smallest absolute Gasteiger partial charge is 0.140 e. The molecule has 2 heteroatoms. The molecule has 0 aliphatic carbocycles. The minimum absolute atomic E-state index is 0.0684. The first-order valence-corrected chi connectivity index (χ1v) is 6.47. The lowest BCUT2D eigenvalue weighted by Gasteiger charge is -2.55. The van der Waals surface area contributed by atoms with Crippen molar-refractivity contribution >= 4 is 0 Å². The second-order valence-corrected chi connectivity index (χ2v) is 4.98. The highest BCUT2D eigenvalue weighted by Gasteiger charge is 2.37. The van der Waals surface area contributed by atoms with Gasteiger partial charge in [0.25, 0.3) is 0 Å². The molecule has 1 aliphatic rings. The minimum Gasteiger partial charge on any atom is -0.632 e. The van der Waals surface area contributed by atoms with E-state index in [-0.39, 0.29) is 10.7 Å². The molecular weight excluding hydrogens is 222 g/mol. The van der Waals surface area contributed by atoms with E-state index in [9.17, 15) is 5.21 Å². The summed E-state index contributed by atoms with van der Waals surface area (Å²) in [7, 11) is 0. The van der Waals surface area contributed by atoms with E-state index in [0.717, 1.165) is 30.6 Å². The molecule has 0 aromatic heterocycles. The van der Waals surface area contributed by atoms with Gasteiger partial charge in [0.2, 0.25) is 0 Å². The van der Waals surface area contributed by atoms with Gasteiger partial charge in [-0.25, -0.2) is 0 Å². The van der Waals surface area contributed by atoms with Crippen molar-refractivity contribution in [2.45, 2.75) is 12.5 Å². The van der Waals surface area contributed by atoms with Gasteiger partial charge in [0.1, 0.15) is 6.04 Å². The fraction of sp³-hybridized carbons (Fsp3) is 0.250. The van der Waals surface area contributed by atoms with Crippen LogP contribution in [0.5, 0.6) is 0 Å². The molecule has 0 radical (unpaired) electrons. The maximum absolute atomic E-state index is 12.8. The van der Waals surface area contributed by atoms with E-state index in [1.165, 1.54) is 0 Å². The van der Waals surface area contributed by atoms with Crippen molar-refractivity contribution in [2.75, 3.05) is 13.1 Å². The molecule has 2 aromatic rings. The Hall–Kier alpha value is -1.64. The van der Waals surface area contributed by atoms with Crippen molar-refractivity contribution in [1.82, 2.24) is 0 Å². The summed E-state index contributed by atoms with van der Waals surface area (Å²) in [6.45, 7) is 1.46. The summed E-state index contributed by atoms with van der Waals surface area (Å²) in [5, 5.41) is 12.8. The van der Waals surface area contributed by atoms with Crippen molar-refractivity contribution in [2.24, 2.45) is 0 Å². The van der Waals surface area contributed by atoms with Crippen molar-refractivity contribution in [1.29, 1.82) is 0 Å². The molecule has 0 unspecified atom stereocenters. The van der Waals surface area contributed by atoms with Crippen LogP contribution >= 0.6 is 0 Å². The van der Waals surface area contributed by atoms with Crippen LogP contribution < -0.4 is 0 Å². The molecule has 2 nitrogen and oxygen atoms in total. The van der Waals surface area contributed by atoms with Crippen LogP contribution in [-0.2, 0) is 0 Å². The summed E-state index contributed by atoms with van der Waals surface area (Å²) >= 11 is 0. The third kappa shape index (κ3) is 1.94. The van der Waals surface area contributed by atoms with E-state index in [0.29, 0.717) is 0 Å². The quantitative estimate of drug-likeness (QED) is 0.594. The Kier molecular flexibility index (Phi) is 2.90. The zero-order valence-electron chi connectivity index (χ0n) is 10.3. The number of likely N-dealkylation sites (tertiary alicyclic amines) is 1. The van der Waals surface area contributed by atoms with E-state index in [4.69, 9.17) is 0 Å². The topological polar surface area (TPSA) is 23.1 Å². The number of hydrogen-bond donors (Lipinski definition) is 0. The van der Waals surface area contributed by atoms with Gasteiger partial charge in [-0.2, -0.15) is 0 Å². The summed E-state index contributed by atoms with van der Waals surface area (Å²) < 4.78 is -0.103. The number of quaternary nitrogens is 1. The Labute approximate surface area is 108 Å².